The highest BCUT2D eigenvalue weighted by Crippen LogP contribution is 2.24. The molecule has 0 aliphatic carbocycles. The molecule has 170 valence electrons. The fourth-order valence-corrected chi connectivity index (χ4v) is 4.29. The number of nitro groups is 1. The fraction of sp³-hybridized carbons (Fsp3) is 0.304. The lowest BCUT2D eigenvalue weighted by atomic mass is 10.1. The van der Waals surface area contributed by atoms with Crippen molar-refractivity contribution in [2.45, 2.75) is 13.0 Å². The number of aromatic hydroxyl groups is 1. The Morgan fingerprint density at radius 3 is 2.67 bits per heavy atom. The molecule has 4 aromatic rings. The minimum Gasteiger partial charge on any atom is -0.494 e. The minimum absolute atomic E-state index is 0.0613. The number of aromatic nitrogens is 3. The number of para-hydroxylation sites is 2. The summed E-state index contributed by atoms with van der Waals surface area (Å²) >= 11 is 0. The molecule has 1 saturated heterocycles. The van der Waals surface area contributed by atoms with E-state index in [9.17, 15) is 20.0 Å². The van der Waals surface area contributed by atoms with Crippen molar-refractivity contribution < 1.29 is 14.8 Å². The Balaban J connectivity index is 1.63. The van der Waals surface area contributed by atoms with Gasteiger partial charge in [-0.1, -0.05) is 24.3 Å². The second-order valence-electron chi connectivity index (χ2n) is 8.05. The van der Waals surface area contributed by atoms with Crippen molar-refractivity contribution in [3.05, 3.63) is 80.1 Å². The Kier molecular flexibility index (Phi) is 5.53. The molecule has 2 aromatic heterocycles. The number of nitrogens with zero attached hydrogens (tertiary/aromatic N) is 5. The first-order valence-corrected chi connectivity index (χ1v) is 10.8. The number of hydrogen-bond donors (Lipinski definition) is 1. The fourth-order valence-electron chi connectivity index (χ4n) is 4.29. The van der Waals surface area contributed by atoms with Gasteiger partial charge < -0.3 is 9.84 Å². The highest BCUT2D eigenvalue weighted by atomic mass is 16.6. The van der Waals surface area contributed by atoms with Gasteiger partial charge in [0, 0.05) is 44.7 Å². The molecule has 3 heterocycles. The molecule has 10 heteroatoms. The first-order valence-electron chi connectivity index (χ1n) is 10.8. The van der Waals surface area contributed by atoms with E-state index in [0.717, 1.165) is 13.1 Å². The summed E-state index contributed by atoms with van der Waals surface area (Å²) in [7, 11) is 0. The largest absolute Gasteiger partial charge is 0.494 e. The number of fused-ring (bicyclic) bond motifs is 3. The van der Waals surface area contributed by atoms with Gasteiger partial charge in [0.25, 0.3) is 11.2 Å². The predicted octanol–water partition coefficient (Wildman–Crippen LogP) is 2.19. The number of morpholine rings is 1. The van der Waals surface area contributed by atoms with Gasteiger partial charge in [0.2, 0.25) is 11.7 Å². The zero-order chi connectivity index (χ0) is 22.9. The van der Waals surface area contributed by atoms with Crippen molar-refractivity contribution in [1.29, 1.82) is 0 Å². The molecule has 1 fully saturated rings. The third kappa shape index (κ3) is 3.94. The maximum absolute atomic E-state index is 13.5. The van der Waals surface area contributed by atoms with Crippen LogP contribution in [0.25, 0.3) is 16.8 Å². The van der Waals surface area contributed by atoms with Gasteiger partial charge in [-0.05, 0) is 17.7 Å². The molecule has 0 atom stereocenters. The van der Waals surface area contributed by atoms with Crippen LogP contribution >= 0.6 is 0 Å². The van der Waals surface area contributed by atoms with E-state index in [1.165, 1.54) is 16.5 Å². The van der Waals surface area contributed by atoms with Crippen molar-refractivity contribution in [1.82, 2.24) is 18.9 Å². The van der Waals surface area contributed by atoms with E-state index in [2.05, 4.69) is 9.88 Å². The first kappa shape index (κ1) is 21.1. The highest BCUT2D eigenvalue weighted by Gasteiger charge is 2.22. The summed E-state index contributed by atoms with van der Waals surface area (Å²) in [6.07, 6.45) is 0.0619. The molecule has 0 radical (unpaired) electrons. The zero-order valence-electron chi connectivity index (χ0n) is 17.9. The van der Waals surface area contributed by atoms with E-state index >= 15 is 0 Å². The molecule has 5 rings (SSSR count). The monoisotopic (exact) mass is 449 g/mol. The lowest BCUT2D eigenvalue weighted by Crippen LogP contribution is -2.38. The number of benzene rings is 2. The van der Waals surface area contributed by atoms with E-state index in [0.29, 0.717) is 48.7 Å². The Morgan fingerprint density at radius 2 is 1.88 bits per heavy atom. The molecule has 1 aliphatic rings. The molecule has 0 spiro atoms. The predicted molar refractivity (Wildman–Crippen MR) is 122 cm³/mol. The van der Waals surface area contributed by atoms with E-state index in [4.69, 9.17) is 4.74 Å². The van der Waals surface area contributed by atoms with Crippen LogP contribution in [-0.4, -0.2) is 61.7 Å². The molecule has 33 heavy (non-hydrogen) atoms. The molecule has 0 bridgehead atoms. The van der Waals surface area contributed by atoms with Crippen molar-refractivity contribution >= 4 is 22.5 Å². The van der Waals surface area contributed by atoms with Crippen LogP contribution in [0.5, 0.6) is 5.88 Å². The first-order chi connectivity index (χ1) is 16.0. The van der Waals surface area contributed by atoms with Crippen molar-refractivity contribution in [2.75, 3.05) is 32.8 Å². The number of nitro benzene ring substituents is 1. The van der Waals surface area contributed by atoms with Gasteiger partial charge in [-0.25, -0.2) is 9.38 Å². The number of rotatable bonds is 6. The minimum atomic E-state index is -0.476. The van der Waals surface area contributed by atoms with Crippen molar-refractivity contribution in [3.63, 3.8) is 0 Å². The summed E-state index contributed by atoms with van der Waals surface area (Å²) in [5, 5.41) is 22.4. The Hall–Kier alpha value is -3.76. The molecule has 1 aliphatic heterocycles. The number of ether oxygens (including phenoxy) is 1. The normalized spacial score (nSPS) is 14.8. The summed E-state index contributed by atoms with van der Waals surface area (Å²) in [6, 6.07) is 13.4. The zero-order valence-corrected chi connectivity index (χ0v) is 17.9. The standard InChI is InChI=1S/C23H23N5O5/c29-21-18(15-16-4-3-5-17(14-16)28(31)32)22(30)27-20-7-2-1-6-19(20)24-23(27)26(21)9-8-25-10-12-33-13-11-25/h1-7,14,29H,8-13,15H2. The maximum atomic E-state index is 13.5. The van der Waals surface area contributed by atoms with Crippen molar-refractivity contribution in [2.24, 2.45) is 0 Å². The summed E-state index contributed by atoms with van der Waals surface area (Å²) in [5.41, 5.74) is 1.60. The average Bonchev–Trinajstić information content (AvgIpc) is 3.22. The lowest BCUT2D eigenvalue weighted by Gasteiger charge is -2.27. The lowest BCUT2D eigenvalue weighted by molar-refractivity contribution is -0.384. The van der Waals surface area contributed by atoms with Gasteiger partial charge in [0.1, 0.15) is 0 Å². The molecule has 0 amide bonds. The van der Waals surface area contributed by atoms with Crippen LogP contribution in [0.15, 0.2) is 53.3 Å². The van der Waals surface area contributed by atoms with E-state index in [-0.39, 0.29) is 29.1 Å². The summed E-state index contributed by atoms with van der Waals surface area (Å²) in [5.74, 6) is 0.206. The van der Waals surface area contributed by atoms with Gasteiger partial charge in [0.05, 0.1) is 34.7 Å². The Bertz CT molecular complexity index is 1400. The molecule has 2 aromatic carbocycles. The van der Waals surface area contributed by atoms with E-state index in [1.54, 1.807) is 16.7 Å². The van der Waals surface area contributed by atoms with Gasteiger partial charge in [-0.3, -0.25) is 24.4 Å². The van der Waals surface area contributed by atoms with Gasteiger partial charge >= 0.3 is 0 Å². The van der Waals surface area contributed by atoms with Crippen LogP contribution in [-0.2, 0) is 17.7 Å². The third-order valence-electron chi connectivity index (χ3n) is 6.02. The number of imidazole rings is 1. The van der Waals surface area contributed by atoms with Crippen LogP contribution in [0.3, 0.4) is 0 Å². The summed E-state index contributed by atoms with van der Waals surface area (Å²) in [4.78, 5) is 31.1. The molecule has 10 nitrogen and oxygen atoms in total. The second kappa shape index (κ2) is 8.64. The number of hydrogen-bond acceptors (Lipinski definition) is 7. The smallest absolute Gasteiger partial charge is 0.269 e. The van der Waals surface area contributed by atoms with Crippen molar-refractivity contribution in [3.8, 4) is 5.88 Å². The summed E-state index contributed by atoms with van der Waals surface area (Å²) < 4.78 is 8.58. The van der Waals surface area contributed by atoms with Gasteiger partial charge in [0.15, 0.2) is 0 Å². The number of non-ortho nitro benzene ring substituents is 1. The van der Waals surface area contributed by atoms with Crippen LogP contribution in [0.4, 0.5) is 5.69 Å². The average molecular weight is 449 g/mol. The SMILES string of the molecule is O=c1c(Cc2cccc([N+](=O)[O-])c2)c(O)n(CCN2CCOCC2)c2nc3ccccc3n12. The Morgan fingerprint density at radius 1 is 1.09 bits per heavy atom. The highest BCUT2D eigenvalue weighted by molar-refractivity contribution is 5.79. The molecule has 0 saturated carbocycles. The molecule has 1 N–H and O–H groups in total. The van der Waals surface area contributed by atoms with Gasteiger partial charge in [-0.2, -0.15) is 0 Å². The molecular formula is C23H23N5O5. The molecular weight excluding hydrogens is 426 g/mol. The molecule has 0 unspecified atom stereocenters. The summed E-state index contributed by atoms with van der Waals surface area (Å²) in [6.45, 7) is 4.02. The third-order valence-corrected chi connectivity index (χ3v) is 6.02. The van der Waals surface area contributed by atoms with Crippen LogP contribution in [0, 0.1) is 10.1 Å². The van der Waals surface area contributed by atoms with E-state index in [1.807, 2.05) is 24.3 Å². The van der Waals surface area contributed by atoms with Crippen LogP contribution in [0.1, 0.15) is 11.1 Å². The quantitative estimate of drug-likeness (QED) is 0.354. The van der Waals surface area contributed by atoms with Crippen LogP contribution in [0.2, 0.25) is 0 Å². The van der Waals surface area contributed by atoms with Crippen LogP contribution < -0.4 is 5.56 Å². The van der Waals surface area contributed by atoms with Gasteiger partial charge in [-0.15, -0.1) is 0 Å². The second-order valence-corrected chi connectivity index (χ2v) is 8.05. The maximum Gasteiger partial charge on any atom is 0.269 e. The van der Waals surface area contributed by atoms with E-state index < -0.39 is 4.92 Å². The topological polar surface area (TPSA) is 115 Å². The Labute approximate surface area is 188 Å².